The van der Waals surface area contributed by atoms with E-state index in [-0.39, 0.29) is 12.1 Å². The minimum absolute atomic E-state index is 0.176. The lowest BCUT2D eigenvalue weighted by Gasteiger charge is -2.25. The van der Waals surface area contributed by atoms with Crippen molar-refractivity contribution < 1.29 is 4.74 Å². The van der Waals surface area contributed by atoms with Crippen LogP contribution in [0.25, 0.3) is 0 Å². The average Bonchev–Trinajstić information content (AvgIpc) is 2.69. The fourth-order valence-electron chi connectivity index (χ4n) is 1.71. The number of nitrogens with two attached hydrogens (primary N) is 1. The van der Waals surface area contributed by atoms with E-state index in [1.54, 1.807) is 11.3 Å². The summed E-state index contributed by atoms with van der Waals surface area (Å²) < 4.78 is 6.83. The molecule has 0 aliphatic heterocycles. The highest BCUT2D eigenvalue weighted by molar-refractivity contribution is 9.11. The standard InChI is InChI=1S/C11H19BrN2OS/c1-3-10(15-4-2)9(14-13)7-8-5-6-11(12)16-8/h5-6,9-10,14H,3-4,7,13H2,1-2H3. The molecule has 0 spiro atoms. The molecule has 5 heteroatoms. The van der Waals surface area contributed by atoms with Gasteiger partial charge in [0.1, 0.15) is 0 Å². The fourth-order valence-corrected chi connectivity index (χ4v) is 3.25. The second kappa shape index (κ2) is 7.40. The van der Waals surface area contributed by atoms with E-state index in [9.17, 15) is 0 Å². The van der Waals surface area contributed by atoms with Gasteiger partial charge in [-0.05, 0) is 41.4 Å². The van der Waals surface area contributed by atoms with Crippen LogP contribution in [0.15, 0.2) is 15.9 Å². The van der Waals surface area contributed by atoms with Crippen LogP contribution >= 0.6 is 27.3 Å². The van der Waals surface area contributed by atoms with Crippen molar-refractivity contribution >= 4 is 27.3 Å². The third-order valence-electron chi connectivity index (χ3n) is 2.50. The molecule has 0 fully saturated rings. The normalized spacial score (nSPS) is 15.0. The molecular weight excluding hydrogens is 288 g/mol. The smallest absolute Gasteiger partial charge is 0.0742 e. The molecule has 1 rings (SSSR count). The van der Waals surface area contributed by atoms with Crippen molar-refractivity contribution in [1.29, 1.82) is 0 Å². The van der Waals surface area contributed by atoms with Gasteiger partial charge in [-0.2, -0.15) is 0 Å². The first-order chi connectivity index (χ1) is 7.71. The Morgan fingerprint density at radius 3 is 2.69 bits per heavy atom. The van der Waals surface area contributed by atoms with Gasteiger partial charge in [0.05, 0.1) is 15.9 Å². The highest BCUT2D eigenvalue weighted by atomic mass is 79.9. The van der Waals surface area contributed by atoms with Crippen molar-refractivity contribution in [3.05, 3.63) is 20.8 Å². The van der Waals surface area contributed by atoms with Gasteiger partial charge in [-0.3, -0.25) is 11.3 Å². The summed E-state index contributed by atoms with van der Waals surface area (Å²) in [6.07, 6.45) is 2.05. The van der Waals surface area contributed by atoms with Gasteiger partial charge in [0.25, 0.3) is 0 Å². The largest absolute Gasteiger partial charge is 0.377 e. The summed E-state index contributed by atoms with van der Waals surface area (Å²) in [7, 11) is 0. The van der Waals surface area contributed by atoms with Crippen molar-refractivity contribution in [1.82, 2.24) is 5.43 Å². The zero-order valence-electron chi connectivity index (χ0n) is 9.70. The summed E-state index contributed by atoms with van der Waals surface area (Å²) >= 11 is 5.21. The van der Waals surface area contributed by atoms with Gasteiger partial charge < -0.3 is 4.74 Å². The predicted octanol–water partition coefficient (Wildman–Crippen LogP) is 2.70. The highest BCUT2D eigenvalue weighted by Gasteiger charge is 2.19. The van der Waals surface area contributed by atoms with Crippen molar-refractivity contribution in [2.75, 3.05) is 6.61 Å². The lowest BCUT2D eigenvalue weighted by molar-refractivity contribution is 0.0321. The number of hydrazine groups is 1. The molecule has 0 saturated carbocycles. The maximum Gasteiger partial charge on any atom is 0.0742 e. The topological polar surface area (TPSA) is 47.3 Å². The molecule has 3 N–H and O–H groups in total. The number of ether oxygens (including phenoxy) is 1. The second-order valence-electron chi connectivity index (χ2n) is 3.59. The van der Waals surface area contributed by atoms with E-state index in [0.29, 0.717) is 0 Å². The Bertz CT molecular complexity index is 306. The molecule has 0 radical (unpaired) electrons. The number of thiophene rings is 1. The van der Waals surface area contributed by atoms with Crippen LogP contribution in [0.1, 0.15) is 25.1 Å². The molecule has 16 heavy (non-hydrogen) atoms. The van der Waals surface area contributed by atoms with E-state index in [0.717, 1.165) is 23.2 Å². The van der Waals surface area contributed by atoms with Crippen LogP contribution in [-0.4, -0.2) is 18.8 Å². The molecule has 0 amide bonds. The molecule has 0 aliphatic carbocycles. The Kier molecular flexibility index (Phi) is 6.53. The van der Waals surface area contributed by atoms with Crippen LogP contribution < -0.4 is 11.3 Å². The lowest BCUT2D eigenvalue weighted by atomic mass is 10.0. The van der Waals surface area contributed by atoms with Gasteiger partial charge in [-0.25, -0.2) is 0 Å². The van der Waals surface area contributed by atoms with Crippen LogP contribution in [-0.2, 0) is 11.2 Å². The zero-order valence-corrected chi connectivity index (χ0v) is 12.1. The number of halogens is 1. The molecule has 0 saturated heterocycles. The molecule has 0 bridgehead atoms. The van der Waals surface area contributed by atoms with E-state index >= 15 is 0 Å². The Morgan fingerprint density at radius 1 is 1.50 bits per heavy atom. The van der Waals surface area contributed by atoms with E-state index in [1.165, 1.54) is 4.88 Å². The summed E-state index contributed by atoms with van der Waals surface area (Å²) in [5.41, 5.74) is 2.86. The molecular formula is C11H19BrN2OS. The summed E-state index contributed by atoms with van der Waals surface area (Å²) in [4.78, 5) is 1.31. The summed E-state index contributed by atoms with van der Waals surface area (Å²) in [6.45, 7) is 4.86. The quantitative estimate of drug-likeness (QED) is 0.601. The van der Waals surface area contributed by atoms with Crippen molar-refractivity contribution in [3.63, 3.8) is 0 Å². The van der Waals surface area contributed by atoms with Gasteiger partial charge in [0.15, 0.2) is 0 Å². The van der Waals surface area contributed by atoms with Crippen LogP contribution in [0, 0.1) is 0 Å². The van der Waals surface area contributed by atoms with Crippen LogP contribution in [0.5, 0.6) is 0 Å². The third kappa shape index (κ3) is 4.14. The molecule has 1 aromatic rings. The Labute approximate surface area is 109 Å². The maximum atomic E-state index is 5.67. The average molecular weight is 307 g/mol. The second-order valence-corrected chi connectivity index (χ2v) is 6.13. The minimum atomic E-state index is 0.176. The first kappa shape index (κ1) is 14.1. The number of rotatable bonds is 7. The summed E-state index contributed by atoms with van der Waals surface area (Å²) in [6, 6.07) is 4.36. The van der Waals surface area contributed by atoms with Crippen molar-refractivity contribution in [2.24, 2.45) is 5.84 Å². The van der Waals surface area contributed by atoms with E-state index in [1.807, 2.05) is 6.92 Å². The monoisotopic (exact) mass is 306 g/mol. The zero-order chi connectivity index (χ0) is 12.0. The molecule has 0 aromatic carbocycles. The van der Waals surface area contributed by atoms with Crippen LogP contribution in [0.2, 0.25) is 0 Å². The Balaban J connectivity index is 2.59. The first-order valence-electron chi connectivity index (χ1n) is 5.53. The summed E-state index contributed by atoms with van der Waals surface area (Å²) in [5, 5.41) is 0. The van der Waals surface area contributed by atoms with Gasteiger partial charge >= 0.3 is 0 Å². The molecule has 2 unspecified atom stereocenters. The van der Waals surface area contributed by atoms with Crippen LogP contribution in [0.3, 0.4) is 0 Å². The Hall–Kier alpha value is 0.0600. The van der Waals surface area contributed by atoms with Crippen molar-refractivity contribution in [2.45, 2.75) is 38.8 Å². The molecule has 0 aliphatic rings. The van der Waals surface area contributed by atoms with Gasteiger partial charge in [-0.1, -0.05) is 6.92 Å². The van der Waals surface area contributed by atoms with Gasteiger partial charge in [-0.15, -0.1) is 11.3 Å². The van der Waals surface area contributed by atoms with Gasteiger partial charge in [0.2, 0.25) is 0 Å². The number of hydrogen-bond acceptors (Lipinski definition) is 4. The molecule has 1 heterocycles. The molecule has 2 atom stereocenters. The van der Waals surface area contributed by atoms with Crippen LogP contribution in [0.4, 0.5) is 0 Å². The highest BCUT2D eigenvalue weighted by Crippen LogP contribution is 2.24. The number of nitrogens with one attached hydrogen (secondary N) is 1. The number of hydrogen-bond donors (Lipinski definition) is 2. The lowest BCUT2D eigenvalue weighted by Crippen LogP contribution is -2.46. The molecule has 92 valence electrons. The maximum absolute atomic E-state index is 5.67. The van der Waals surface area contributed by atoms with Gasteiger partial charge in [0, 0.05) is 17.9 Å². The SMILES string of the molecule is CCOC(CC)C(Cc1ccc(Br)s1)NN. The summed E-state index contributed by atoms with van der Waals surface area (Å²) in [5.74, 6) is 5.60. The third-order valence-corrected chi connectivity index (χ3v) is 4.14. The van der Waals surface area contributed by atoms with E-state index in [2.05, 4.69) is 40.4 Å². The Morgan fingerprint density at radius 2 is 2.25 bits per heavy atom. The molecule has 3 nitrogen and oxygen atoms in total. The molecule has 1 aromatic heterocycles. The fraction of sp³-hybridized carbons (Fsp3) is 0.636. The minimum Gasteiger partial charge on any atom is -0.377 e. The first-order valence-corrected chi connectivity index (χ1v) is 7.14. The predicted molar refractivity (Wildman–Crippen MR) is 72.5 cm³/mol. The van der Waals surface area contributed by atoms with Crippen molar-refractivity contribution in [3.8, 4) is 0 Å². The van der Waals surface area contributed by atoms with E-state index < -0.39 is 0 Å². The van der Waals surface area contributed by atoms with E-state index in [4.69, 9.17) is 10.6 Å².